The van der Waals surface area contributed by atoms with Crippen molar-refractivity contribution in [1.82, 2.24) is 0 Å². The highest BCUT2D eigenvalue weighted by Crippen LogP contribution is 2.22. The molecule has 0 spiro atoms. The second kappa shape index (κ2) is 3.77. The van der Waals surface area contributed by atoms with Gasteiger partial charge in [-0.1, -0.05) is 43.5 Å². The molecule has 0 aliphatic carbocycles. The van der Waals surface area contributed by atoms with Crippen molar-refractivity contribution in [2.45, 2.75) is 4.90 Å². The van der Waals surface area contributed by atoms with E-state index in [-0.39, 0.29) is 4.90 Å². The van der Waals surface area contributed by atoms with Crippen LogP contribution in [0.3, 0.4) is 0 Å². The van der Waals surface area contributed by atoms with Gasteiger partial charge in [-0.2, -0.15) is 8.42 Å². The second-order valence-corrected chi connectivity index (χ2v) is 4.01. The third-order valence-electron chi connectivity index (χ3n) is 1.77. The van der Waals surface area contributed by atoms with E-state index in [1.54, 1.807) is 18.2 Å². The van der Waals surface area contributed by atoms with Crippen LogP contribution < -0.4 is 0 Å². The van der Waals surface area contributed by atoms with Gasteiger partial charge in [-0.15, -0.1) is 0 Å². The van der Waals surface area contributed by atoms with Gasteiger partial charge in [0.05, 0.1) is 0 Å². The summed E-state index contributed by atoms with van der Waals surface area (Å²) < 4.78 is 31.1. The van der Waals surface area contributed by atoms with Crippen molar-refractivity contribution in [3.8, 4) is 0 Å². The van der Waals surface area contributed by atoms with Gasteiger partial charge in [-0.25, -0.2) is 0 Å². The molecule has 0 fully saturated rings. The molecule has 0 aromatic heterocycles. The predicted octanol–water partition coefficient (Wildman–Crippen LogP) is 2.22. The summed E-state index contributed by atoms with van der Waals surface area (Å²) in [5, 5.41) is 0. The molecule has 0 saturated heterocycles. The van der Waals surface area contributed by atoms with Gasteiger partial charge >= 0.3 is 0 Å². The molecular formula is C10H10O3S. The van der Waals surface area contributed by atoms with E-state index in [0.29, 0.717) is 11.1 Å². The molecule has 1 aromatic rings. The monoisotopic (exact) mass is 210 g/mol. The van der Waals surface area contributed by atoms with Crippen LogP contribution in [0.5, 0.6) is 0 Å². The number of rotatable bonds is 3. The van der Waals surface area contributed by atoms with E-state index in [4.69, 9.17) is 4.55 Å². The van der Waals surface area contributed by atoms with E-state index < -0.39 is 10.1 Å². The summed E-state index contributed by atoms with van der Waals surface area (Å²) in [6.07, 6.45) is 2.74. The normalized spacial score (nSPS) is 10.9. The van der Waals surface area contributed by atoms with Crippen molar-refractivity contribution in [2.24, 2.45) is 0 Å². The molecule has 4 heteroatoms. The molecule has 1 aromatic carbocycles. The maximum atomic E-state index is 11.1. The fourth-order valence-corrected chi connectivity index (χ4v) is 2.09. The maximum Gasteiger partial charge on any atom is 0.295 e. The number of hydrogen-bond acceptors (Lipinski definition) is 2. The summed E-state index contributed by atoms with van der Waals surface area (Å²) in [5.41, 5.74) is 0.731. The summed E-state index contributed by atoms with van der Waals surface area (Å²) in [4.78, 5) is -0.148. The van der Waals surface area contributed by atoms with Crippen LogP contribution in [0.15, 0.2) is 36.3 Å². The Morgan fingerprint density at radius 2 is 1.57 bits per heavy atom. The first kappa shape index (κ1) is 10.7. The Hall–Kier alpha value is -1.39. The minimum Gasteiger partial charge on any atom is -0.282 e. The molecular weight excluding hydrogens is 200 g/mol. The van der Waals surface area contributed by atoms with Crippen LogP contribution in [-0.4, -0.2) is 13.0 Å². The molecule has 0 aliphatic rings. The first-order chi connectivity index (χ1) is 6.50. The molecule has 0 atom stereocenters. The zero-order chi connectivity index (χ0) is 10.8. The quantitative estimate of drug-likeness (QED) is 0.778. The van der Waals surface area contributed by atoms with E-state index in [2.05, 4.69) is 13.2 Å². The Balaban J connectivity index is 3.66. The standard InChI is InChI=1S/C10H10O3S/c1-3-8-6-5-7-9(4-2)10(8)14(11,12)13/h3-7H,1-2H2,(H,11,12,13). The molecule has 3 nitrogen and oxygen atoms in total. The Morgan fingerprint density at radius 1 is 1.14 bits per heavy atom. The van der Waals surface area contributed by atoms with Crippen molar-refractivity contribution >= 4 is 22.3 Å². The van der Waals surface area contributed by atoms with Crippen LogP contribution in [0.1, 0.15) is 11.1 Å². The minimum absolute atomic E-state index is 0.148. The van der Waals surface area contributed by atoms with Gasteiger partial charge < -0.3 is 0 Å². The van der Waals surface area contributed by atoms with Crippen LogP contribution in [0.4, 0.5) is 0 Å². The predicted molar refractivity (Wildman–Crippen MR) is 56.4 cm³/mol. The summed E-state index contributed by atoms with van der Waals surface area (Å²) >= 11 is 0. The molecule has 0 saturated carbocycles. The third kappa shape index (κ3) is 1.92. The van der Waals surface area contributed by atoms with Crippen LogP contribution in [-0.2, 0) is 10.1 Å². The van der Waals surface area contributed by atoms with Gasteiger partial charge in [0.15, 0.2) is 0 Å². The first-order valence-corrected chi connectivity index (χ1v) is 5.30. The van der Waals surface area contributed by atoms with E-state index >= 15 is 0 Å². The summed E-state index contributed by atoms with van der Waals surface area (Å²) in [6, 6.07) is 4.79. The van der Waals surface area contributed by atoms with Gasteiger partial charge in [0, 0.05) is 0 Å². The van der Waals surface area contributed by atoms with Crippen molar-refractivity contribution < 1.29 is 13.0 Å². The topological polar surface area (TPSA) is 54.4 Å². The highest BCUT2D eigenvalue weighted by atomic mass is 32.2. The Kier molecular flexibility index (Phi) is 2.88. The van der Waals surface area contributed by atoms with E-state index in [9.17, 15) is 8.42 Å². The molecule has 0 bridgehead atoms. The van der Waals surface area contributed by atoms with Gasteiger partial charge in [-0.05, 0) is 11.1 Å². The maximum absolute atomic E-state index is 11.1. The second-order valence-electron chi connectivity index (χ2n) is 2.65. The molecule has 0 radical (unpaired) electrons. The zero-order valence-corrected chi connectivity index (χ0v) is 8.29. The Bertz CT molecular complexity index is 446. The third-order valence-corrected chi connectivity index (χ3v) is 2.76. The van der Waals surface area contributed by atoms with Crippen LogP contribution in [0.25, 0.3) is 12.2 Å². The first-order valence-electron chi connectivity index (χ1n) is 3.86. The number of hydrogen-bond donors (Lipinski definition) is 1. The minimum atomic E-state index is -4.23. The van der Waals surface area contributed by atoms with Gasteiger partial charge in [0.1, 0.15) is 4.90 Å². The highest BCUT2D eigenvalue weighted by molar-refractivity contribution is 7.86. The largest absolute Gasteiger partial charge is 0.295 e. The van der Waals surface area contributed by atoms with Gasteiger partial charge in [0.25, 0.3) is 10.1 Å². The van der Waals surface area contributed by atoms with E-state index in [1.807, 2.05) is 0 Å². The van der Waals surface area contributed by atoms with Crippen molar-refractivity contribution in [1.29, 1.82) is 0 Å². The van der Waals surface area contributed by atoms with E-state index in [1.165, 1.54) is 12.2 Å². The van der Waals surface area contributed by atoms with Crippen LogP contribution in [0, 0.1) is 0 Å². The average Bonchev–Trinajstić information content (AvgIpc) is 2.15. The SMILES string of the molecule is C=Cc1cccc(C=C)c1S(=O)(=O)O. The number of benzene rings is 1. The fourth-order valence-electron chi connectivity index (χ4n) is 1.19. The van der Waals surface area contributed by atoms with Crippen molar-refractivity contribution in [3.63, 3.8) is 0 Å². The van der Waals surface area contributed by atoms with Crippen molar-refractivity contribution in [2.75, 3.05) is 0 Å². The summed E-state index contributed by atoms with van der Waals surface area (Å²) in [6.45, 7) is 6.94. The molecule has 0 unspecified atom stereocenters. The van der Waals surface area contributed by atoms with Crippen LogP contribution in [0.2, 0.25) is 0 Å². The molecule has 1 N–H and O–H groups in total. The Labute approximate surface area is 83.1 Å². The molecule has 1 rings (SSSR count). The molecule has 0 aliphatic heterocycles. The molecule has 0 heterocycles. The van der Waals surface area contributed by atoms with Gasteiger partial charge in [-0.3, -0.25) is 4.55 Å². The van der Waals surface area contributed by atoms with Crippen LogP contribution >= 0.6 is 0 Å². The van der Waals surface area contributed by atoms with Gasteiger partial charge in [0.2, 0.25) is 0 Å². The lowest BCUT2D eigenvalue weighted by atomic mass is 10.1. The molecule has 74 valence electrons. The zero-order valence-electron chi connectivity index (χ0n) is 7.47. The fraction of sp³-hybridized carbons (Fsp3) is 0. The highest BCUT2D eigenvalue weighted by Gasteiger charge is 2.16. The lowest BCUT2D eigenvalue weighted by Crippen LogP contribution is -2.03. The summed E-state index contributed by atoms with van der Waals surface area (Å²) in [7, 11) is -4.23. The van der Waals surface area contributed by atoms with Crippen molar-refractivity contribution in [3.05, 3.63) is 42.5 Å². The lowest BCUT2D eigenvalue weighted by Gasteiger charge is -2.05. The molecule has 0 amide bonds. The molecule has 14 heavy (non-hydrogen) atoms. The smallest absolute Gasteiger partial charge is 0.282 e. The average molecular weight is 210 g/mol. The summed E-state index contributed by atoms with van der Waals surface area (Å²) in [5.74, 6) is 0. The van der Waals surface area contributed by atoms with E-state index in [0.717, 1.165) is 0 Å². The Morgan fingerprint density at radius 3 is 1.86 bits per heavy atom. The lowest BCUT2D eigenvalue weighted by molar-refractivity contribution is 0.483.